The van der Waals surface area contributed by atoms with Crippen molar-refractivity contribution in [2.75, 3.05) is 0 Å². The first-order valence-corrected chi connectivity index (χ1v) is 7.55. The van der Waals surface area contributed by atoms with Crippen LogP contribution in [0.2, 0.25) is 0 Å². The summed E-state index contributed by atoms with van der Waals surface area (Å²) in [5, 5.41) is 7.12. The third-order valence-corrected chi connectivity index (χ3v) is 2.81. The van der Waals surface area contributed by atoms with Crippen LogP contribution < -0.4 is 0 Å². The van der Waals surface area contributed by atoms with Crippen molar-refractivity contribution in [2.24, 2.45) is 0 Å². The summed E-state index contributed by atoms with van der Waals surface area (Å²) in [4.78, 5) is 8.90. The molecule has 1 radical (unpaired) electrons. The van der Waals surface area contributed by atoms with Gasteiger partial charge in [-0.3, -0.25) is 0 Å². The molecule has 0 heterocycles. The Bertz CT molecular complexity index is 560. The number of hydrogen-bond acceptors (Lipinski definition) is 1. The number of hydrogen-bond donors (Lipinski definition) is 1. The van der Waals surface area contributed by atoms with Crippen molar-refractivity contribution in [3.8, 4) is 0 Å². The van der Waals surface area contributed by atoms with Crippen LogP contribution in [0.5, 0.6) is 0 Å². The van der Waals surface area contributed by atoms with Crippen LogP contribution in [0.4, 0.5) is 13.2 Å². The van der Waals surface area contributed by atoms with Crippen LogP contribution >= 0.6 is 0 Å². The fourth-order valence-corrected chi connectivity index (χ4v) is 2.22. The minimum absolute atomic E-state index is 0. The molecular weight excluding hydrogens is 380 g/mol. The van der Waals surface area contributed by atoms with E-state index in [0.29, 0.717) is 0 Å². The van der Waals surface area contributed by atoms with E-state index in [2.05, 4.69) is 77.9 Å². The van der Waals surface area contributed by atoms with Gasteiger partial charge in [-0.2, -0.15) is 83.0 Å². The summed E-state index contributed by atoms with van der Waals surface area (Å²) in [6, 6.07) is 14.9. The van der Waals surface area contributed by atoms with E-state index in [9.17, 15) is 13.2 Å². The average molecular weight is 403 g/mol. The van der Waals surface area contributed by atoms with Gasteiger partial charge in [-0.05, 0) is 0 Å². The fourth-order valence-electron chi connectivity index (χ4n) is 2.22. The maximum Gasteiger partial charge on any atom is 2.00 e. The Labute approximate surface area is 165 Å². The summed E-state index contributed by atoms with van der Waals surface area (Å²) in [6.45, 7) is 12.5. The van der Waals surface area contributed by atoms with Crippen LogP contribution in [0.15, 0.2) is 24.3 Å². The maximum atomic E-state index is 10.6. The van der Waals surface area contributed by atoms with Gasteiger partial charge in [-0.15, -0.1) is 0 Å². The molecule has 2 rings (SSSR count). The van der Waals surface area contributed by atoms with E-state index < -0.39 is 12.1 Å². The molecule has 2 nitrogen and oxygen atoms in total. The summed E-state index contributed by atoms with van der Waals surface area (Å²) >= 11 is 0. The second kappa shape index (κ2) is 11.8. The van der Waals surface area contributed by atoms with Gasteiger partial charge in [-0.25, -0.2) is 4.79 Å². The molecule has 0 aromatic heterocycles. The SMILES string of the molecule is Cc1[c-]c(C)cc(C)c1.Cc1[c-]c(C)cc(C)c1.O=C(O)C(F)(F)F.[V+2]. The van der Waals surface area contributed by atoms with Gasteiger partial charge in [0.2, 0.25) is 0 Å². The van der Waals surface area contributed by atoms with E-state index in [-0.39, 0.29) is 18.6 Å². The largest absolute Gasteiger partial charge is 2.00 e. The van der Waals surface area contributed by atoms with Gasteiger partial charge < -0.3 is 5.11 Å². The van der Waals surface area contributed by atoms with Crippen LogP contribution in [0.25, 0.3) is 0 Å². The Balaban J connectivity index is 0. The van der Waals surface area contributed by atoms with Crippen molar-refractivity contribution in [3.63, 3.8) is 0 Å². The molecule has 2 aromatic carbocycles. The van der Waals surface area contributed by atoms with Gasteiger partial charge in [0, 0.05) is 0 Å². The van der Waals surface area contributed by atoms with Gasteiger partial charge in [0.1, 0.15) is 0 Å². The number of carboxylic acid groups (broad SMARTS) is 1. The van der Waals surface area contributed by atoms with Crippen molar-refractivity contribution < 1.29 is 41.6 Å². The summed E-state index contributed by atoms with van der Waals surface area (Å²) < 4.78 is 31.7. The molecule has 1 N–H and O–H groups in total. The molecule has 0 spiro atoms. The van der Waals surface area contributed by atoms with Crippen molar-refractivity contribution in [2.45, 2.75) is 47.7 Å². The van der Waals surface area contributed by atoms with E-state index in [1.165, 1.54) is 33.4 Å². The predicted octanol–water partition coefficient (Wildman–Crippen LogP) is 5.45. The zero-order chi connectivity index (χ0) is 19.8. The van der Waals surface area contributed by atoms with Gasteiger partial charge in [0.25, 0.3) is 0 Å². The van der Waals surface area contributed by atoms with Gasteiger partial charge in [0.05, 0.1) is 0 Å². The number of carbonyl (C=O) groups is 1. The summed E-state index contributed by atoms with van der Waals surface area (Å²) in [7, 11) is 0. The first-order valence-electron chi connectivity index (χ1n) is 7.55. The molecule has 0 aliphatic rings. The quantitative estimate of drug-likeness (QED) is 0.594. The molecule has 0 bridgehead atoms. The van der Waals surface area contributed by atoms with Gasteiger partial charge in [-0.1, -0.05) is 41.5 Å². The molecule has 2 aromatic rings. The predicted molar refractivity (Wildman–Crippen MR) is 92.7 cm³/mol. The van der Waals surface area contributed by atoms with Gasteiger partial charge >= 0.3 is 30.7 Å². The Kier molecular flexibility index (Phi) is 12.0. The topological polar surface area (TPSA) is 37.3 Å². The third kappa shape index (κ3) is 12.6. The second-order valence-corrected chi connectivity index (χ2v) is 5.85. The molecule has 0 saturated heterocycles. The molecule has 0 aliphatic carbocycles. The smallest absolute Gasteiger partial charge is 0.475 e. The number of carboxylic acids is 1. The molecule has 0 fully saturated rings. The number of alkyl halides is 3. The molecular formula is C20H23F3O2V. The molecule has 0 unspecified atom stereocenters. The van der Waals surface area contributed by atoms with Crippen LogP contribution in [-0.2, 0) is 23.4 Å². The Morgan fingerprint density at radius 1 is 0.769 bits per heavy atom. The number of rotatable bonds is 0. The minimum Gasteiger partial charge on any atom is -0.475 e. The summed E-state index contributed by atoms with van der Waals surface area (Å²) in [6.07, 6.45) is -5.08. The zero-order valence-electron chi connectivity index (χ0n) is 15.7. The van der Waals surface area contributed by atoms with Crippen molar-refractivity contribution in [3.05, 3.63) is 69.8 Å². The second-order valence-electron chi connectivity index (χ2n) is 5.85. The van der Waals surface area contributed by atoms with E-state index in [1.807, 2.05) is 0 Å². The third-order valence-electron chi connectivity index (χ3n) is 2.81. The molecule has 0 amide bonds. The molecule has 0 atom stereocenters. The molecule has 6 heteroatoms. The van der Waals surface area contributed by atoms with E-state index in [0.717, 1.165) is 0 Å². The van der Waals surface area contributed by atoms with E-state index >= 15 is 0 Å². The normalized spacial score (nSPS) is 9.73. The number of halogens is 3. The maximum absolute atomic E-state index is 10.6. The summed E-state index contributed by atoms with van der Waals surface area (Å²) in [5.41, 5.74) is 7.56. The van der Waals surface area contributed by atoms with E-state index in [1.54, 1.807) is 0 Å². The monoisotopic (exact) mass is 403 g/mol. The number of aryl methyl sites for hydroxylation is 6. The molecule has 0 saturated carbocycles. The Morgan fingerprint density at radius 3 is 1.08 bits per heavy atom. The van der Waals surface area contributed by atoms with Crippen molar-refractivity contribution in [1.82, 2.24) is 0 Å². The first kappa shape index (κ1) is 26.5. The van der Waals surface area contributed by atoms with E-state index in [4.69, 9.17) is 9.90 Å². The van der Waals surface area contributed by atoms with Crippen LogP contribution in [0.1, 0.15) is 33.4 Å². The van der Waals surface area contributed by atoms with Crippen LogP contribution in [-0.4, -0.2) is 17.3 Å². The van der Waals surface area contributed by atoms with Crippen LogP contribution in [0.3, 0.4) is 0 Å². The first-order chi connectivity index (χ1) is 11.3. The fraction of sp³-hybridized carbons (Fsp3) is 0.350. The zero-order valence-corrected chi connectivity index (χ0v) is 17.1. The minimum atomic E-state index is -5.08. The van der Waals surface area contributed by atoms with Crippen molar-refractivity contribution >= 4 is 5.97 Å². The molecule has 141 valence electrons. The number of aliphatic carboxylic acids is 1. The molecule has 0 aliphatic heterocycles. The van der Waals surface area contributed by atoms with Crippen molar-refractivity contribution in [1.29, 1.82) is 0 Å². The number of benzene rings is 2. The van der Waals surface area contributed by atoms with Crippen LogP contribution in [0, 0.1) is 53.7 Å². The summed E-state index contributed by atoms with van der Waals surface area (Å²) in [5.74, 6) is -2.76. The van der Waals surface area contributed by atoms with Gasteiger partial charge in [0.15, 0.2) is 0 Å². The standard InChI is InChI=1S/2C9H11.C2HF3O2.V/c2*1-7-4-8(2)6-9(3)5-7;3-2(4,5)1(6)7;/h2*4-5H,1-3H3;(H,6,7);/q2*-1;;+2. The molecule has 26 heavy (non-hydrogen) atoms. The Morgan fingerprint density at radius 2 is 0.962 bits per heavy atom. The Hall–Kier alpha value is -1.72. The average Bonchev–Trinajstić information content (AvgIpc) is 2.34.